The number of carbonyl (C=O) groups is 1. The zero-order valence-electron chi connectivity index (χ0n) is 9.06. The maximum absolute atomic E-state index is 11.8. The highest BCUT2D eigenvalue weighted by atomic mass is 35.5. The van der Waals surface area contributed by atoms with Crippen molar-refractivity contribution < 1.29 is 9.32 Å². The molecular formula is C10H8Cl2N4O2. The minimum Gasteiger partial charge on any atom is -0.352 e. The molecule has 0 saturated carbocycles. The summed E-state index contributed by atoms with van der Waals surface area (Å²) in [6, 6.07) is 1.41. The van der Waals surface area contributed by atoms with Gasteiger partial charge in [0.05, 0.1) is 10.6 Å². The van der Waals surface area contributed by atoms with Gasteiger partial charge in [0.25, 0.3) is 5.91 Å². The summed E-state index contributed by atoms with van der Waals surface area (Å²) in [6.07, 6.45) is 3.04. The third-order valence-corrected chi connectivity index (χ3v) is 2.62. The van der Waals surface area contributed by atoms with Crippen molar-refractivity contribution in [2.45, 2.75) is 6.42 Å². The Morgan fingerprint density at radius 2 is 2.22 bits per heavy atom. The molecule has 0 aliphatic rings. The van der Waals surface area contributed by atoms with Crippen LogP contribution in [0.3, 0.4) is 0 Å². The number of nitrogens with zero attached hydrogens (tertiary/aromatic N) is 3. The van der Waals surface area contributed by atoms with Gasteiger partial charge in [0, 0.05) is 19.2 Å². The highest BCUT2D eigenvalue weighted by molar-refractivity contribution is 6.35. The Labute approximate surface area is 112 Å². The van der Waals surface area contributed by atoms with Crippen LogP contribution in [-0.4, -0.2) is 27.6 Å². The first-order valence-electron chi connectivity index (χ1n) is 5.01. The van der Waals surface area contributed by atoms with Gasteiger partial charge in [-0.2, -0.15) is 4.98 Å². The van der Waals surface area contributed by atoms with E-state index in [1.807, 2.05) is 0 Å². The van der Waals surface area contributed by atoms with Crippen LogP contribution in [0.25, 0.3) is 0 Å². The highest BCUT2D eigenvalue weighted by Gasteiger charge is 2.11. The molecule has 0 unspecified atom stereocenters. The molecule has 0 radical (unpaired) electrons. The molecule has 0 aromatic carbocycles. The van der Waals surface area contributed by atoms with Crippen molar-refractivity contribution in [1.29, 1.82) is 0 Å². The first kappa shape index (κ1) is 12.8. The number of hydrogen-bond donors (Lipinski definition) is 1. The molecule has 2 aromatic rings. The first-order chi connectivity index (χ1) is 8.66. The SMILES string of the molecule is O=C(NCCc1ncon1)c1cc(Cl)ncc1Cl. The van der Waals surface area contributed by atoms with Crippen LogP contribution in [0.1, 0.15) is 16.2 Å². The van der Waals surface area contributed by atoms with Crippen LogP contribution >= 0.6 is 23.2 Å². The van der Waals surface area contributed by atoms with Crippen molar-refractivity contribution in [3.8, 4) is 0 Å². The fraction of sp³-hybridized carbons (Fsp3) is 0.200. The molecule has 0 spiro atoms. The zero-order chi connectivity index (χ0) is 13.0. The number of aromatic nitrogens is 3. The van der Waals surface area contributed by atoms with Gasteiger partial charge < -0.3 is 9.84 Å². The highest BCUT2D eigenvalue weighted by Crippen LogP contribution is 2.17. The molecule has 2 rings (SSSR count). The van der Waals surface area contributed by atoms with Crippen LogP contribution < -0.4 is 5.32 Å². The monoisotopic (exact) mass is 286 g/mol. The topological polar surface area (TPSA) is 80.9 Å². The molecule has 0 fully saturated rings. The van der Waals surface area contributed by atoms with Gasteiger partial charge in [0.1, 0.15) is 5.15 Å². The number of pyridine rings is 1. The third kappa shape index (κ3) is 3.18. The van der Waals surface area contributed by atoms with Gasteiger partial charge in [-0.25, -0.2) is 4.98 Å². The summed E-state index contributed by atoms with van der Waals surface area (Å²) in [7, 11) is 0. The lowest BCUT2D eigenvalue weighted by molar-refractivity contribution is 0.0954. The van der Waals surface area contributed by atoms with E-state index in [9.17, 15) is 4.79 Å². The van der Waals surface area contributed by atoms with Crippen molar-refractivity contribution in [2.24, 2.45) is 0 Å². The maximum Gasteiger partial charge on any atom is 0.252 e. The van der Waals surface area contributed by atoms with Gasteiger partial charge in [0.2, 0.25) is 6.39 Å². The molecule has 8 heteroatoms. The molecule has 2 heterocycles. The van der Waals surface area contributed by atoms with Gasteiger partial charge in [-0.15, -0.1) is 0 Å². The lowest BCUT2D eigenvalue weighted by Gasteiger charge is -2.05. The number of carbonyl (C=O) groups excluding carboxylic acids is 1. The molecule has 6 nitrogen and oxygen atoms in total. The molecule has 0 saturated heterocycles. The van der Waals surface area contributed by atoms with Crippen molar-refractivity contribution >= 4 is 29.1 Å². The predicted octanol–water partition coefficient (Wildman–Crippen LogP) is 1.74. The zero-order valence-corrected chi connectivity index (χ0v) is 10.6. The number of halogens is 2. The summed E-state index contributed by atoms with van der Waals surface area (Å²) in [4.78, 5) is 19.4. The molecule has 1 amide bonds. The molecule has 0 aliphatic carbocycles. The molecule has 0 aliphatic heterocycles. The third-order valence-electron chi connectivity index (χ3n) is 2.11. The Morgan fingerprint density at radius 3 is 2.94 bits per heavy atom. The normalized spacial score (nSPS) is 10.3. The second kappa shape index (κ2) is 5.79. The van der Waals surface area contributed by atoms with E-state index in [-0.39, 0.29) is 21.6 Å². The van der Waals surface area contributed by atoms with Crippen LogP contribution in [-0.2, 0) is 6.42 Å². The van der Waals surface area contributed by atoms with Crippen LogP contribution in [0, 0.1) is 0 Å². The molecule has 18 heavy (non-hydrogen) atoms. The van der Waals surface area contributed by atoms with E-state index in [1.165, 1.54) is 18.7 Å². The van der Waals surface area contributed by atoms with Crippen LogP contribution in [0.4, 0.5) is 0 Å². The van der Waals surface area contributed by atoms with E-state index in [4.69, 9.17) is 23.2 Å². The second-order valence-corrected chi connectivity index (χ2v) is 4.13. The number of hydrogen-bond acceptors (Lipinski definition) is 5. The molecule has 1 N–H and O–H groups in total. The van der Waals surface area contributed by atoms with Crippen molar-refractivity contribution in [1.82, 2.24) is 20.4 Å². The van der Waals surface area contributed by atoms with Gasteiger partial charge >= 0.3 is 0 Å². The van der Waals surface area contributed by atoms with Crippen molar-refractivity contribution in [3.63, 3.8) is 0 Å². The van der Waals surface area contributed by atoms with Crippen molar-refractivity contribution in [3.05, 3.63) is 40.2 Å². The van der Waals surface area contributed by atoms with Gasteiger partial charge in [-0.05, 0) is 6.07 Å². The van der Waals surface area contributed by atoms with Gasteiger partial charge in [-0.3, -0.25) is 4.79 Å². The number of amides is 1. The van der Waals surface area contributed by atoms with Crippen molar-refractivity contribution in [2.75, 3.05) is 6.54 Å². The average Bonchev–Trinajstić information content (AvgIpc) is 2.85. The van der Waals surface area contributed by atoms with Crippen LogP contribution in [0.5, 0.6) is 0 Å². The van der Waals surface area contributed by atoms with E-state index in [2.05, 4.69) is 25.0 Å². The van der Waals surface area contributed by atoms with E-state index < -0.39 is 0 Å². The van der Waals surface area contributed by atoms with E-state index in [1.54, 1.807) is 0 Å². The summed E-state index contributed by atoms with van der Waals surface area (Å²) in [5.41, 5.74) is 0.282. The van der Waals surface area contributed by atoms with Gasteiger partial charge in [0.15, 0.2) is 5.82 Å². The molecule has 0 bridgehead atoms. The summed E-state index contributed by atoms with van der Waals surface area (Å²) >= 11 is 11.5. The minimum atomic E-state index is -0.326. The largest absolute Gasteiger partial charge is 0.352 e. The summed E-state index contributed by atoms with van der Waals surface area (Å²) in [6.45, 7) is 0.370. The van der Waals surface area contributed by atoms with E-state index in [0.29, 0.717) is 18.8 Å². The predicted molar refractivity (Wildman–Crippen MR) is 64.6 cm³/mol. The lowest BCUT2D eigenvalue weighted by atomic mass is 10.2. The first-order valence-corrected chi connectivity index (χ1v) is 5.77. The summed E-state index contributed by atoms with van der Waals surface area (Å²) < 4.78 is 4.57. The quantitative estimate of drug-likeness (QED) is 0.866. The Bertz CT molecular complexity index is 545. The van der Waals surface area contributed by atoms with E-state index >= 15 is 0 Å². The Hall–Kier alpha value is -1.66. The maximum atomic E-state index is 11.8. The fourth-order valence-electron chi connectivity index (χ4n) is 1.27. The molecule has 94 valence electrons. The minimum absolute atomic E-state index is 0.211. The lowest BCUT2D eigenvalue weighted by Crippen LogP contribution is -2.26. The smallest absolute Gasteiger partial charge is 0.252 e. The fourth-order valence-corrected chi connectivity index (χ4v) is 1.62. The van der Waals surface area contributed by atoms with E-state index in [0.717, 1.165) is 0 Å². The van der Waals surface area contributed by atoms with Crippen LogP contribution in [0.15, 0.2) is 23.2 Å². The Morgan fingerprint density at radius 1 is 1.39 bits per heavy atom. The number of rotatable bonds is 4. The molecule has 0 atom stereocenters. The number of nitrogens with one attached hydrogen (secondary N) is 1. The Balaban J connectivity index is 1.93. The summed E-state index contributed by atoms with van der Waals surface area (Å²) in [5, 5.41) is 6.75. The van der Waals surface area contributed by atoms with Gasteiger partial charge in [-0.1, -0.05) is 28.4 Å². The summed E-state index contributed by atoms with van der Waals surface area (Å²) in [5.74, 6) is 0.196. The molecular weight excluding hydrogens is 279 g/mol. The molecule has 2 aromatic heterocycles. The Kier molecular flexibility index (Phi) is 4.11. The van der Waals surface area contributed by atoms with Crippen LogP contribution in [0.2, 0.25) is 10.2 Å². The average molecular weight is 287 g/mol. The standard InChI is InChI=1S/C10H8Cl2N4O2/c11-7-4-14-8(12)3-6(7)10(17)13-2-1-9-15-5-18-16-9/h3-5H,1-2H2,(H,13,17). The second-order valence-electron chi connectivity index (χ2n) is 3.34.